The first kappa shape index (κ1) is 20.6. The Hall–Kier alpha value is -0.440. The lowest BCUT2D eigenvalue weighted by Gasteiger charge is -2.40. The molecule has 1 fully saturated rings. The molecular formula is C12H24O11. The van der Waals surface area contributed by atoms with Gasteiger partial charge >= 0.3 is 0 Å². The van der Waals surface area contributed by atoms with Crippen molar-refractivity contribution in [3.8, 4) is 0 Å². The second-order valence-electron chi connectivity index (χ2n) is 5.33. The number of aliphatic hydroxyl groups excluding tert-OH is 9. The maximum absolute atomic E-state index is 9.70. The van der Waals surface area contributed by atoms with Gasteiger partial charge in [-0.25, -0.2) is 0 Å². The van der Waals surface area contributed by atoms with Gasteiger partial charge in [-0.1, -0.05) is 0 Å². The van der Waals surface area contributed by atoms with Crippen LogP contribution in [0, 0.1) is 0 Å². The molecule has 0 aromatic rings. The molecule has 0 bridgehead atoms. The first-order chi connectivity index (χ1) is 10.7. The molecule has 9 atom stereocenters. The third-order valence-corrected chi connectivity index (χ3v) is 3.61. The van der Waals surface area contributed by atoms with Gasteiger partial charge in [-0.2, -0.15) is 0 Å². The highest BCUT2D eigenvalue weighted by Crippen LogP contribution is 2.22. The van der Waals surface area contributed by atoms with E-state index in [1.165, 1.54) is 0 Å². The maximum atomic E-state index is 9.70. The van der Waals surface area contributed by atoms with Crippen LogP contribution in [-0.2, 0) is 9.47 Å². The number of hydrogen-bond acceptors (Lipinski definition) is 11. The van der Waals surface area contributed by atoms with Crippen LogP contribution in [0.2, 0.25) is 0 Å². The molecule has 1 heterocycles. The lowest BCUT2D eigenvalue weighted by atomic mass is 9.99. The van der Waals surface area contributed by atoms with Crippen molar-refractivity contribution >= 4 is 0 Å². The van der Waals surface area contributed by atoms with E-state index in [0.29, 0.717) is 0 Å². The molecule has 0 aliphatic carbocycles. The van der Waals surface area contributed by atoms with E-state index in [1.807, 2.05) is 0 Å². The van der Waals surface area contributed by atoms with Gasteiger partial charge < -0.3 is 55.4 Å². The molecule has 1 saturated heterocycles. The van der Waals surface area contributed by atoms with E-state index in [-0.39, 0.29) is 0 Å². The summed E-state index contributed by atoms with van der Waals surface area (Å²) >= 11 is 0. The lowest BCUT2D eigenvalue weighted by molar-refractivity contribution is -0.306. The minimum atomic E-state index is -1.86. The van der Waals surface area contributed by atoms with E-state index in [9.17, 15) is 35.7 Å². The molecule has 23 heavy (non-hydrogen) atoms. The molecule has 138 valence electrons. The quantitative estimate of drug-likeness (QED) is 0.203. The zero-order chi connectivity index (χ0) is 17.7. The topological polar surface area (TPSA) is 201 Å². The summed E-state index contributed by atoms with van der Waals surface area (Å²) in [6.07, 6.45) is -14.7. The van der Waals surface area contributed by atoms with E-state index < -0.39 is 74.9 Å². The van der Waals surface area contributed by atoms with Crippen LogP contribution in [-0.4, -0.2) is 121 Å². The van der Waals surface area contributed by atoms with E-state index in [1.54, 1.807) is 0 Å². The third kappa shape index (κ3) is 5.01. The van der Waals surface area contributed by atoms with Crippen molar-refractivity contribution in [3.05, 3.63) is 0 Å². The van der Waals surface area contributed by atoms with Gasteiger partial charge in [-0.15, -0.1) is 0 Å². The van der Waals surface area contributed by atoms with Gasteiger partial charge in [-0.05, 0) is 0 Å². The number of ether oxygens (including phenoxy) is 2. The number of hydrogen-bond donors (Lipinski definition) is 9. The Morgan fingerprint density at radius 2 is 1.39 bits per heavy atom. The van der Waals surface area contributed by atoms with Crippen molar-refractivity contribution in [2.24, 2.45) is 0 Å². The van der Waals surface area contributed by atoms with Crippen LogP contribution in [0.1, 0.15) is 0 Å². The van der Waals surface area contributed by atoms with Crippen LogP contribution in [0.15, 0.2) is 0 Å². The summed E-state index contributed by atoms with van der Waals surface area (Å²) < 4.78 is 9.99. The fourth-order valence-electron chi connectivity index (χ4n) is 2.06. The Bertz CT molecular complexity index is 341. The van der Waals surface area contributed by atoms with Crippen molar-refractivity contribution < 1.29 is 55.4 Å². The largest absolute Gasteiger partial charge is 0.394 e. The van der Waals surface area contributed by atoms with E-state index >= 15 is 0 Å². The highest BCUT2D eigenvalue weighted by molar-refractivity contribution is 4.89. The summed E-state index contributed by atoms with van der Waals surface area (Å²) in [6, 6.07) is 0. The summed E-state index contributed by atoms with van der Waals surface area (Å²) in [6.45, 7) is -2.16. The van der Waals surface area contributed by atoms with Gasteiger partial charge in [-0.3, -0.25) is 0 Å². The molecule has 1 unspecified atom stereocenters. The predicted octanol–water partition coefficient (Wildman–Crippen LogP) is -5.76. The van der Waals surface area contributed by atoms with Crippen molar-refractivity contribution in [3.63, 3.8) is 0 Å². The minimum absolute atomic E-state index is 0.655. The molecular weight excluding hydrogens is 320 g/mol. The summed E-state index contributed by atoms with van der Waals surface area (Å²) in [5, 5.41) is 84.4. The smallest absolute Gasteiger partial charge is 0.186 e. The Morgan fingerprint density at radius 3 is 1.91 bits per heavy atom. The van der Waals surface area contributed by atoms with Gasteiger partial charge in [0.2, 0.25) is 0 Å². The molecule has 1 aliphatic heterocycles. The summed E-state index contributed by atoms with van der Waals surface area (Å²) in [4.78, 5) is 0. The molecule has 1 aliphatic rings. The van der Waals surface area contributed by atoms with Crippen molar-refractivity contribution in [2.45, 2.75) is 55.1 Å². The van der Waals surface area contributed by atoms with E-state index in [2.05, 4.69) is 0 Å². The molecule has 0 saturated carbocycles. The molecule has 1 rings (SSSR count). The molecule has 0 amide bonds. The monoisotopic (exact) mass is 344 g/mol. The normalized spacial score (nSPS) is 37.2. The predicted molar refractivity (Wildman–Crippen MR) is 70.8 cm³/mol. The Kier molecular flexibility index (Phi) is 8.20. The zero-order valence-electron chi connectivity index (χ0n) is 12.2. The third-order valence-electron chi connectivity index (χ3n) is 3.61. The molecule has 0 aromatic carbocycles. The molecule has 0 spiro atoms. The Morgan fingerprint density at radius 1 is 0.826 bits per heavy atom. The van der Waals surface area contributed by atoms with Crippen LogP contribution >= 0.6 is 0 Å². The highest BCUT2D eigenvalue weighted by Gasteiger charge is 2.44. The lowest BCUT2D eigenvalue weighted by Crippen LogP contribution is -2.59. The molecule has 11 heteroatoms. The van der Waals surface area contributed by atoms with Crippen molar-refractivity contribution in [1.82, 2.24) is 0 Å². The second kappa shape index (κ2) is 9.15. The summed E-state index contributed by atoms with van der Waals surface area (Å²) in [5.41, 5.74) is 0. The van der Waals surface area contributed by atoms with Crippen molar-refractivity contribution in [1.29, 1.82) is 0 Å². The number of aliphatic hydroxyl groups is 9. The van der Waals surface area contributed by atoms with Crippen molar-refractivity contribution in [2.75, 3.05) is 19.8 Å². The fourth-order valence-corrected chi connectivity index (χ4v) is 2.06. The van der Waals surface area contributed by atoms with E-state index in [4.69, 9.17) is 19.7 Å². The average molecular weight is 344 g/mol. The van der Waals surface area contributed by atoms with E-state index in [0.717, 1.165) is 0 Å². The van der Waals surface area contributed by atoms with Gasteiger partial charge in [0.25, 0.3) is 0 Å². The molecule has 9 N–H and O–H groups in total. The first-order valence-corrected chi connectivity index (χ1v) is 6.99. The molecule has 11 nitrogen and oxygen atoms in total. The summed E-state index contributed by atoms with van der Waals surface area (Å²) in [7, 11) is 0. The SMILES string of the molecule is OC[C@H](O)[C@H](O)[C@H](O)[C@@H](O)COC1O[C@H](CO)[C@@H](O)[C@H](O)[C@H]1O. The van der Waals surface area contributed by atoms with Gasteiger partial charge in [0, 0.05) is 0 Å². The standard InChI is InChI=1S/C12H24O11/c13-1-4(15)7(17)8(18)5(16)3-22-12-11(21)10(20)9(19)6(2-14)23-12/h4-21H,1-3H2/t4-,5-,6+,7-,8+,9+,10-,11+,12?/m0/s1. The van der Waals surface area contributed by atoms with Gasteiger partial charge in [0.1, 0.15) is 48.8 Å². The molecule has 0 aromatic heterocycles. The second-order valence-corrected chi connectivity index (χ2v) is 5.33. The number of rotatable bonds is 8. The van der Waals surface area contributed by atoms with Gasteiger partial charge in [0.05, 0.1) is 19.8 Å². The average Bonchev–Trinajstić information content (AvgIpc) is 2.56. The van der Waals surface area contributed by atoms with Crippen LogP contribution in [0.4, 0.5) is 0 Å². The molecule has 0 radical (unpaired) electrons. The minimum Gasteiger partial charge on any atom is -0.394 e. The first-order valence-electron chi connectivity index (χ1n) is 6.99. The van der Waals surface area contributed by atoms with Crippen LogP contribution in [0.3, 0.4) is 0 Å². The van der Waals surface area contributed by atoms with Crippen LogP contribution in [0.25, 0.3) is 0 Å². The maximum Gasteiger partial charge on any atom is 0.186 e. The van der Waals surface area contributed by atoms with Gasteiger partial charge in [0.15, 0.2) is 6.29 Å². The zero-order valence-corrected chi connectivity index (χ0v) is 12.2. The van der Waals surface area contributed by atoms with Crippen LogP contribution in [0.5, 0.6) is 0 Å². The summed E-state index contributed by atoms with van der Waals surface area (Å²) in [5.74, 6) is 0. The fraction of sp³-hybridized carbons (Fsp3) is 1.00. The highest BCUT2D eigenvalue weighted by atomic mass is 16.7. The van der Waals surface area contributed by atoms with Crippen LogP contribution < -0.4 is 0 Å². The Balaban J connectivity index is 2.55. The Labute approximate surface area is 131 Å².